The highest BCUT2D eigenvalue weighted by Crippen LogP contribution is 2.36. The van der Waals surface area contributed by atoms with Gasteiger partial charge in [-0.15, -0.1) is 0 Å². The lowest BCUT2D eigenvalue weighted by atomic mass is 10.1. The van der Waals surface area contributed by atoms with Crippen molar-refractivity contribution in [3.8, 4) is 11.5 Å². The Bertz CT molecular complexity index is 1030. The van der Waals surface area contributed by atoms with Crippen LogP contribution >= 0.6 is 15.9 Å². The van der Waals surface area contributed by atoms with Crippen LogP contribution in [0.25, 0.3) is 0 Å². The second-order valence-electron chi connectivity index (χ2n) is 6.01. The van der Waals surface area contributed by atoms with E-state index in [0.717, 1.165) is 6.07 Å². The van der Waals surface area contributed by atoms with Gasteiger partial charge in [0.15, 0.2) is 11.6 Å². The summed E-state index contributed by atoms with van der Waals surface area (Å²) in [5, 5.41) is 0. The molecular weight excluding hydrogens is 468 g/mol. The third-order valence-electron chi connectivity index (χ3n) is 4.17. The molecule has 0 unspecified atom stereocenters. The standard InChI is InChI=1S/C20H16BrF2NO6/c1-27-19(25)13-9-29-10-24(18(13)20(26)28-2)12-4-6-16(14(21)8-12)30-17-5-3-11(22)7-15(17)23/h3-8H,9-10H2,1-2H3. The molecule has 0 radical (unpaired) electrons. The first-order chi connectivity index (χ1) is 14.3. The number of anilines is 1. The smallest absolute Gasteiger partial charge is 0.355 e. The Balaban J connectivity index is 1.96. The van der Waals surface area contributed by atoms with Crippen molar-refractivity contribution in [2.75, 3.05) is 32.5 Å². The predicted octanol–water partition coefficient (Wildman–Crippen LogP) is 3.91. The maximum atomic E-state index is 13.9. The molecule has 30 heavy (non-hydrogen) atoms. The largest absolute Gasteiger partial charge is 0.466 e. The second-order valence-corrected chi connectivity index (χ2v) is 6.86. The van der Waals surface area contributed by atoms with E-state index in [9.17, 15) is 18.4 Å². The summed E-state index contributed by atoms with van der Waals surface area (Å²) in [5.74, 6) is -2.93. The molecule has 0 saturated heterocycles. The SMILES string of the molecule is COC(=O)C1=C(C(=O)OC)N(c2ccc(Oc3ccc(F)cc3F)c(Br)c2)COC1. The van der Waals surface area contributed by atoms with Gasteiger partial charge in [0.05, 0.1) is 30.9 Å². The zero-order chi connectivity index (χ0) is 21.8. The lowest BCUT2D eigenvalue weighted by molar-refractivity contribution is -0.140. The molecule has 0 spiro atoms. The van der Waals surface area contributed by atoms with Gasteiger partial charge in [-0.3, -0.25) is 0 Å². The molecule has 0 saturated carbocycles. The van der Waals surface area contributed by atoms with Crippen LogP contribution in [0, 0.1) is 11.6 Å². The molecule has 0 aromatic heterocycles. The van der Waals surface area contributed by atoms with Crippen LogP contribution in [-0.4, -0.2) is 39.5 Å². The van der Waals surface area contributed by atoms with E-state index in [1.165, 1.54) is 31.3 Å². The number of methoxy groups -OCH3 is 2. The van der Waals surface area contributed by atoms with Crippen molar-refractivity contribution in [3.05, 3.63) is 63.8 Å². The normalized spacial score (nSPS) is 13.8. The Morgan fingerprint density at radius 3 is 2.37 bits per heavy atom. The first-order valence-electron chi connectivity index (χ1n) is 8.53. The lowest BCUT2D eigenvalue weighted by Crippen LogP contribution is -2.38. The minimum atomic E-state index is -0.853. The Kier molecular flexibility index (Phi) is 6.68. The van der Waals surface area contributed by atoms with Crippen LogP contribution in [0.15, 0.2) is 52.1 Å². The number of halogens is 3. The lowest BCUT2D eigenvalue weighted by Gasteiger charge is -2.31. The number of benzene rings is 2. The third kappa shape index (κ3) is 4.44. The number of hydrogen-bond acceptors (Lipinski definition) is 7. The van der Waals surface area contributed by atoms with E-state index in [0.29, 0.717) is 16.2 Å². The van der Waals surface area contributed by atoms with Gasteiger partial charge in [-0.05, 0) is 46.3 Å². The fourth-order valence-corrected chi connectivity index (χ4v) is 3.21. The maximum Gasteiger partial charge on any atom is 0.355 e. The molecular formula is C20H16BrF2NO6. The first kappa shape index (κ1) is 21.7. The van der Waals surface area contributed by atoms with Crippen LogP contribution in [0.3, 0.4) is 0 Å². The van der Waals surface area contributed by atoms with Crippen LogP contribution in [-0.2, 0) is 23.8 Å². The van der Waals surface area contributed by atoms with Crippen molar-refractivity contribution in [1.82, 2.24) is 0 Å². The summed E-state index contributed by atoms with van der Waals surface area (Å²) >= 11 is 3.33. The molecule has 1 aliphatic rings. The molecule has 0 bridgehead atoms. The van der Waals surface area contributed by atoms with Crippen LogP contribution in [0.2, 0.25) is 0 Å². The number of hydrogen-bond donors (Lipinski definition) is 0. The van der Waals surface area contributed by atoms with Gasteiger partial charge in [0, 0.05) is 11.8 Å². The van der Waals surface area contributed by atoms with E-state index in [2.05, 4.69) is 15.9 Å². The summed E-state index contributed by atoms with van der Waals surface area (Å²) in [7, 11) is 2.39. The van der Waals surface area contributed by atoms with Crippen LogP contribution in [0.5, 0.6) is 11.5 Å². The first-order valence-corrected chi connectivity index (χ1v) is 9.32. The average molecular weight is 484 g/mol. The van der Waals surface area contributed by atoms with E-state index in [-0.39, 0.29) is 36.1 Å². The molecule has 0 fully saturated rings. The third-order valence-corrected chi connectivity index (χ3v) is 4.79. The van der Waals surface area contributed by atoms with Crippen molar-refractivity contribution in [2.24, 2.45) is 0 Å². The quantitative estimate of drug-likeness (QED) is 0.596. The van der Waals surface area contributed by atoms with Gasteiger partial charge < -0.3 is 23.8 Å². The Labute approximate surface area is 178 Å². The zero-order valence-electron chi connectivity index (χ0n) is 15.9. The average Bonchev–Trinajstić information content (AvgIpc) is 2.75. The van der Waals surface area contributed by atoms with Gasteiger partial charge >= 0.3 is 11.9 Å². The van der Waals surface area contributed by atoms with E-state index < -0.39 is 23.6 Å². The summed E-state index contributed by atoms with van der Waals surface area (Å²) in [6, 6.07) is 7.64. The van der Waals surface area contributed by atoms with Gasteiger partial charge in [-0.2, -0.15) is 0 Å². The van der Waals surface area contributed by atoms with Crippen molar-refractivity contribution in [2.45, 2.75) is 0 Å². The molecule has 2 aromatic rings. The maximum absolute atomic E-state index is 13.9. The zero-order valence-corrected chi connectivity index (χ0v) is 17.5. The predicted molar refractivity (Wildman–Crippen MR) is 105 cm³/mol. The summed E-state index contributed by atoms with van der Waals surface area (Å²) < 4.78 is 47.8. The Hall–Kier alpha value is -2.98. The van der Waals surface area contributed by atoms with Crippen LogP contribution in [0.4, 0.5) is 14.5 Å². The molecule has 0 aliphatic carbocycles. The van der Waals surface area contributed by atoms with Crippen molar-refractivity contribution in [3.63, 3.8) is 0 Å². The van der Waals surface area contributed by atoms with Crippen molar-refractivity contribution < 1.29 is 37.3 Å². The number of carbonyl (C=O) groups is 2. The summed E-state index contributed by atoms with van der Waals surface area (Å²) in [6.45, 7) is -0.135. The fourth-order valence-electron chi connectivity index (χ4n) is 2.76. The number of rotatable bonds is 5. The minimum Gasteiger partial charge on any atom is -0.466 e. The number of esters is 2. The molecule has 7 nitrogen and oxygen atoms in total. The Morgan fingerprint density at radius 2 is 1.73 bits per heavy atom. The molecule has 0 atom stereocenters. The molecule has 3 rings (SSSR count). The van der Waals surface area contributed by atoms with Gasteiger partial charge in [0.25, 0.3) is 0 Å². The molecule has 1 heterocycles. The highest BCUT2D eigenvalue weighted by molar-refractivity contribution is 9.10. The monoisotopic (exact) mass is 483 g/mol. The second kappa shape index (κ2) is 9.23. The van der Waals surface area contributed by atoms with Crippen molar-refractivity contribution in [1.29, 1.82) is 0 Å². The van der Waals surface area contributed by atoms with E-state index in [1.807, 2.05) is 0 Å². The summed E-state index contributed by atoms with van der Waals surface area (Å²) in [4.78, 5) is 25.9. The highest BCUT2D eigenvalue weighted by atomic mass is 79.9. The van der Waals surface area contributed by atoms with Crippen LogP contribution in [0.1, 0.15) is 0 Å². The molecule has 1 aliphatic heterocycles. The number of ether oxygens (including phenoxy) is 4. The fraction of sp³-hybridized carbons (Fsp3) is 0.200. The van der Waals surface area contributed by atoms with Gasteiger partial charge in [-0.25, -0.2) is 18.4 Å². The number of carbonyl (C=O) groups excluding carboxylic acids is 2. The molecule has 158 valence electrons. The van der Waals surface area contributed by atoms with Crippen LogP contribution < -0.4 is 9.64 Å². The summed E-state index contributed by atoms with van der Waals surface area (Å²) in [6.07, 6.45) is 0. The minimum absolute atomic E-state index is 0.0132. The van der Waals surface area contributed by atoms with Gasteiger partial charge in [-0.1, -0.05) is 0 Å². The Morgan fingerprint density at radius 1 is 1.03 bits per heavy atom. The molecule has 0 N–H and O–H groups in total. The van der Waals surface area contributed by atoms with E-state index in [1.54, 1.807) is 12.1 Å². The molecule has 10 heteroatoms. The topological polar surface area (TPSA) is 74.3 Å². The number of nitrogens with zero attached hydrogens (tertiary/aromatic N) is 1. The van der Waals surface area contributed by atoms with Gasteiger partial charge in [0.1, 0.15) is 24.0 Å². The van der Waals surface area contributed by atoms with Crippen molar-refractivity contribution >= 4 is 33.6 Å². The highest BCUT2D eigenvalue weighted by Gasteiger charge is 2.32. The molecule has 2 aromatic carbocycles. The van der Waals surface area contributed by atoms with Gasteiger partial charge in [0.2, 0.25) is 0 Å². The molecule has 0 amide bonds. The summed E-state index contributed by atoms with van der Waals surface area (Å²) in [5.41, 5.74) is 0.469. The van der Waals surface area contributed by atoms with E-state index in [4.69, 9.17) is 18.9 Å². The van der Waals surface area contributed by atoms with E-state index >= 15 is 0 Å².